The molecule has 0 spiro atoms. The summed E-state index contributed by atoms with van der Waals surface area (Å²) in [5.41, 5.74) is 1.82. The van der Waals surface area contributed by atoms with E-state index >= 15 is 0 Å². The van der Waals surface area contributed by atoms with E-state index in [9.17, 15) is 4.79 Å². The van der Waals surface area contributed by atoms with Crippen molar-refractivity contribution in [1.29, 1.82) is 0 Å². The second-order valence-electron chi connectivity index (χ2n) is 3.05. The van der Waals surface area contributed by atoms with Crippen molar-refractivity contribution in [2.24, 2.45) is 0 Å². The minimum atomic E-state index is -0.0501. The molecule has 1 heterocycles. The average molecular weight is 206 g/mol. The van der Waals surface area contributed by atoms with Crippen LogP contribution in [-0.4, -0.2) is 8.75 Å². The fourth-order valence-corrected chi connectivity index (χ4v) is 1.82. The van der Waals surface area contributed by atoms with Gasteiger partial charge in [-0.05, 0) is 12.0 Å². The second-order valence-corrected chi connectivity index (χ2v) is 3.62. The number of benzene rings is 1. The Morgan fingerprint density at radius 3 is 2.64 bits per heavy atom. The van der Waals surface area contributed by atoms with Gasteiger partial charge in [-0.3, -0.25) is 9.17 Å². The molecule has 0 saturated heterocycles. The van der Waals surface area contributed by atoms with E-state index in [2.05, 4.69) is 20.9 Å². The van der Waals surface area contributed by atoms with Crippen LogP contribution in [0.1, 0.15) is 11.3 Å². The Kier molecular flexibility index (Phi) is 2.74. The molecule has 72 valence electrons. The van der Waals surface area contributed by atoms with Gasteiger partial charge in [-0.15, -0.1) is 0 Å². The summed E-state index contributed by atoms with van der Waals surface area (Å²) in [6.45, 7) is 0. The number of H-pyrrole nitrogens is 1. The van der Waals surface area contributed by atoms with E-state index in [1.54, 1.807) is 0 Å². The Morgan fingerprint density at radius 2 is 2.00 bits per heavy atom. The highest BCUT2D eigenvalue weighted by molar-refractivity contribution is 6.99. The summed E-state index contributed by atoms with van der Waals surface area (Å²) in [7, 11) is 0. The van der Waals surface area contributed by atoms with Crippen molar-refractivity contribution in [3.63, 3.8) is 0 Å². The first-order valence-electron chi connectivity index (χ1n) is 4.43. The molecule has 0 amide bonds. The Labute approximate surface area is 85.7 Å². The molecule has 14 heavy (non-hydrogen) atoms. The maximum atomic E-state index is 11.1. The van der Waals surface area contributed by atoms with Gasteiger partial charge in [0, 0.05) is 18.1 Å². The van der Waals surface area contributed by atoms with E-state index < -0.39 is 0 Å². The third-order valence-corrected chi connectivity index (χ3v) is 2.64. The fraction of sp³-hybridized carbons (Fsp3) is 0.200. The predicted molar refractivity (Wildman–Crippen MR) is 56.6 cm³/mol. The van der Waals surface area contributed by atoms with Gasteiger partial charge in [0.05, 0.1) is 0 Å². The van der Waals surface area contributed by atoms with Crippen LogP contribution in [0, 0.1) is 0 Å². The van der Waals surface area contributed by atoms with E-state index in [-0.39, 0.29) is 5.56 Å². The largest absolute Gasteiger partial charge is 0.281 e. The van der Waals surface area contributed by atoms with Gasteiger partial charge >= 0.3 is 0 Å². The van der Waals surface area contributed by atoms with E-state index in [1.807, 2.05) is 18.2 Å². The van der Waals surface area contributed by atoms with Crippen LogP contribution >= 0.6 is 11.7 Å². The molecule has 0 aliphatic rings. The second kappa shape index (κ2) is 4.19. The van der Waals surface area contributed by atoms with Gasteiger partial charge < -0.3 is 0 Å². The highest BCUT2D eigenvalue weighted by Gasteiger charge is 2.02. The smallest absolute Gasteiger partial charge is 0.267 e. The summed E-state index contributed by atoms with van der Waals surface area (Å²) in [4.78, 5) is 11.1. The summed E-state index contributed by atoms with van der Waals surface area (Å²) >= 11 is 1.11. The average Bonchev–Trinajstić information content (AvgIpc) is 2.63. The summed E-state index contributed by atoms with van der Waals surface area (Å²) in [5.74, 6) is 0. The molecular formula is C10H10N2OS. The molecule has 2 rings (SSSR count). The minimum Gasteiger partial charge on any atom is -0.267 e. The Bertz CT molecular complexity index is 446. The molecule has 0 atom stereocenters. The van der Waals surface area contributed by atoms with Crippen molar-refractivity contribution in [3.8, 4) is 0 Å². The van der Waals surface area contributed by atoms with Gasteiger partial charge in [-0.25, -0.2) is 0 Å². The van der Waals surface area contributed by atoms with Crippen LogP contribution in [0.25, 0.3) is 0 Å². The number of rotatable bonds is 3. The number of aryl methyl sites for hydroxylation is 2. The van der Waals surface area contributed by atoms with E-state index in [0.717, 1.165) is 18.1 Å². The van der Waals surface area contributed by atoms with Crippen molar-refractivity contribution in [1.82, 2.24) is 8.75 Å². The highest BCUT2D eigenvalue weighted by Crippen LogP contribution is 2.02. The van der Waals surface area contributed by atoms with Crippen LogP contribution < -0.4 is 5.56 Å². The molecule has 0 radical (unpaired) electrons. The standard InChI is InChI=1S/C10H10N2OS/c13-10-9(11-14-12-10)7-6-8-4-2-1-3-5-8/h1-5H,6-7H2,(H,12,13). The summed E-state index contributed by atoms with van der Waals surface area (Å²) in [6.07, 6.45) is 1.58. The summed E-state index contributed by atoms with van der Waals surface area (Å²) < 4.78 is 6.58. The van der Waals surface area contributed by atoms with Gasteiger partial charge in [0.2, 0.25) is 0 Å². The van der Waals surface area contributed by atoms with Gasteiger partial charge in [0.1, 0.15) is 5.69 Å². The molecule has 2 aromatic rings. The number of aromatic nitrogens is 2. The third-order valence-electron chi connectivity index (χ3n) is 2.05. The number of hydrogen-bond donors (Lipinski definition) is 1. The molecule has 0 saturated carbocycles. The topological polar surface area (TPSA) is 45.8 Å². The molecule has 0 aliphatic carbocycles. The number of hydrogen-bond acceptors (Lipinski definition) is 3. The number of nitrogens with one attached hydrogen (secondary N) is 1. The quantitative estimate of drug-likeness (QED) is 0.829. The molecule has 4 heteroatoms. The minimum absolute atomic E-state index is 0.0501. The zero-order valence-corrected chi connectivity index (χ0v) is 8.38. The molecule has 0 bridgehead atoms. The summed E-state index contributed by atoms with van der Waals surface area (Å²) in [6, 6.07) is 10.1. The van der Waals surface area contributed by atoms with Crippen LogP contribution in [0.2, 0.25) is 0 Å². The highest BCUT2D eigenvalue weighted by atomic mass is 32.1. The van der Waals surface area contributed by atoms with Crippen molar-refractivity contribution >= 4 is 11.7 Å². The Hall–Kier alpha value is -1.42. The van der Waals surface area contributed by atoms with Gasteiger partial charge in [0.25, 0.3) is 5.56 Å². The lowest BCUT2D eigenvalue weighted by Crippen LogP contribution is -2.07. The Morgan fingerprint density at radius 1 is 1.21 bits per heavy atom. The fourth-order valence-electron chi connectivity index (χ4n) is 1.29. The van der Waals surface area contributed by atoms with Crippen LogP contribution in [0.15, 0.2) is 35.1 Å². The van der Waals surface area contributed by atoms with E-state index in [0.29, 0.717) is 12.1 Å². The van der Waals surface area contributed by atoms with Crippen molar-refractivity contribution in [2.75, 3.05) is 0 Å². The first-order valence-corrected chi connectivity index (χ1v) is 5.21. The first-order chi connectivity index (χ1) is 6.86. The molecule has 1 aromatic heterocycles. The maximum Gasteiger partial charge on any atom is 0.281 e. The Balaban J connectivity index is 2.02. The lowest BCUT2D eigenvalue weighted by molar-refractivity contribution is 0.920. The molecule has 3 nitrogen and oxygen atoms in total. The zero-order chi connectivity index (χ0) is 9.80. The molecule has 0 aliphatic heterocycles. The first kappa shape index (κ1) is 9.15. The molecule has 1 N–H and O–H groups in total. The van der Waals surface area contributed by atoms with E-state index in [4.69, 9.17) is 0 Å². The van der Waals surface area contributed by atoms with Crippen molar-refractivity contribution < 1.29 is 0 Å². The van der Waals surface area contributed by atoms with E-state index in [1.165, 1.54) is 5.56 Å². The van der Waals surface area contributed by atoms with Gasteiger partial charge in [-0.1, -0.05) is 30.3 Å². The van der Waals surface area contributed by atoms with Crippen LogP contribution in [0.5, 0.6) is 0 Å². The lowest BCUT2D eigenvalue weighted by Gasteiger charge is -1.96. The molecule has 0 unspecified atom stereocenters. The molecule has 0 fully saturated rings. The third kappa shape index (κ3) is 2.09. The maximum absolute atomic E-state index is 11.1. The molecular weight excluding hydrogens is 196 g/mol. The molecule has 1 aromatic carbocycles. The van der Waals surface area contributed by atoms with Crippen molar-refractivity contribution in [2.45, 2.75) is 12.8 Å². The lowest BCUT2D eigenvalue weighted by atomic mass is 10.1. The van der Waals surface area contributed by atoms with Crippen LogP contribution in [-0.2, 0) is 12.8 Å². The van der Waals surface area contributed by atoms with Crippen LogP contribution in [0.3, 0.4) is 0 Å². The normalized spacial score (nSPS) is 10.3. The van der Waals surface area contributed by atoms with Crippen molar-refractivity contribution in [3.05, 3.63) is 51.9 Å². The predicted octanol–water partition coefficient (Wildman–Crippen LogP) is 1.62. The SMILES string of the molecule is O=c1[nH]snc1CCc1ccccc1. The monoisotopic (exact) mass is 206 g/mol. The summed E-state index contributed by atoms with van der Waals surface area (Å²) in [5, 5.41) is 0. The number of nitrogens with zero attached hydrogens (tertiary/aromatic N) is 1. The zero-order valence-electron chi connectivity index (χ0n) is 7.56. The van der Waals surface area contributed by atoms with Crippen LogP contribution in [0.4, 0.5) is 0 Å². The van der Waals surface area contributed by atoms with Gasteiger partial charge in [0.15, 0.2) is 0 Å². The van der Waals surface area contributed by atoms with Gasteiger partial charge in [-0.2, -0.15) is 4.37 Å². The number of aromatic amines is 1.